The molecule has 0 atom stereocenters. The van der Waals surface area contributed by atoms with Crippen molar-refractivity contribution in [2.24, 2.45) is 0 Å². The van der Waals surface area contributed by atoms with Gasteiger partial charge in [-0.2, -0.15) is 0 Å². The number of aryl methyl sites for hydroxylation is 1. The van der Waals surface area contributed by atoms with Crippen molar-refractivity contribution >= 4 is 11.9 Å². The third-order valence-electron chi connectivity index (χ3n) is 4.74. The molecule has 1 aliphatic heterocycles. The number of nitrogens with zero attached hydrogens (tertiary/aromatic N) is 1. The van der Waals surface area contributed by atoms with Crippen LogP contribution in [0.2, 0.25) is 0 Å². The SMILES string of the molecule is Cc1ccc(OCCOCCNCCN2CCOCC2)c(C(C)(C)C)c1.O=C(O)C(=O)O. The van der Waals surface area contributed by atoms with E-state index in [1.807, 2.05) is 0 Å². The van der Waals surface area contributed by atoms with Gasteiger partial charge in [-0.25, -0.2) is 9.59 Å². The maximum absolute atomic E-state index is 9.10. The number of rotatable bonds is 10. The van der Waals surface area contributed by atoms with E-state index in [1.165, 1.54) is 11.1 Å². The van der Waals surface area contributed by atoms with Crippen molar-refractivity contribution in [3.63, 3.8) is 0 Å². The van der Waals surface area contributed by atoms with Crippen LogP contribution >= 0.6 is 0 Å². The second-order valence-electron chi connectivity index (χ2n) is 8.52. The molecule has 0 radical (unpaired) electrons. The molecule has 2 rings (SSSR count). The molecular weight excluding hydrogens is 416 g/mol. The summed E-state index contributed by atoms with van der Waals surface area (Å²) in [6.07, 6.45) is 0. The fourth-order valence-corrected chi connectivity index (χ4v) is 3.00. The van der Waals surface area contributed by atoms with Crippen molar-refractivity contribution in [1.82, 2.24) is 10.2 Å². The van der Waals surface area contributed by atoms with E-state index in [0.29, 0.717) is 19.8 Å². The fraction of sp³-hybridized carbons (Fsp3) is 0.652. The zero-order chi connectivity index (χ0) is 24.0. The second-order valence-corrected chi connectivity index (χ2v) is 8.52. The lowest BCUT2D eigenvalue weighted by molar-refractivity contribution is -0.159. The predicted molar refractivity (Wildman–Crippen MR) is 122 cm³/mol. The van der Waals surface area contributed by atoms with Gasteiger partial charge in [0.2, 0.25) is 0 Å². The second kappa shape index (κ2) is 14.8. The van der Waals surface area contributed by atoms with Gasteiger partial charge in [0, 0.05) is 32.7 Å². The minimum absolute atomic E-state index is 0.0760. The van der Waals surface area contributed by atoms with Crippen LogP contribution in [0.1, 0.15) is 31.9 Å². The highest BCUT2D eigenvalue weighted by Gasteiger charge is 2.19. The number of nitrogens with one attached hydrogen (secondary N) is 1. The molecule has 1 aliphatic rings. The average molecular weight is 455 g/mol. The summed E-state index contributed by atoms with van der Waals surface area (Å²) in [6, 6.07) is 6.39. The summed E-state index contributed by atoms with van der Waals surface area (Å²) in [4.78, 5) is 20.6. The molecule has 0 aromatic heterocycles. The number of benzene rings is 1. The maximum atomic E-state index is 9.10. The molecule has 0 aliphatic carbocycles. The van der Waals surface area contributed by atoms with Crippen LogP contribution in [0, 0.1) is 6.92 Å². The van der Waals surface area contributed by atoms with Gasteiger partial charge in [0.15, 0.2) is 0 Å². The molecule has 182 valence electrons. The summed E-state index contributed by atoms with van der Waals surface area (Å²) in [5, 5.41) is 18.2. The summed E-state index contributed by atoms with van der Waals surface area (Å²) in [5.41, 5.74) is 2.59. The van der Waals surface area contributed by atoms with Crippen molar-refractivity contribution in [3.05, 3.63) is 29.3 Å². The lowest BCUT2D eigenvalue weighted by atomic mass is 9.85. The monoisotopic (exact) mass is 454 g/mol. The average Bonchev–Trinajstić information content (AvgIpc) is 2.74. The Hall–Kier alpha value is -2.20. The first-order valence-electron chi connectivity index (χ1n) is 10.9. The smallest absolute Gasteiger partial charge is 0.414 e. The van der Waals surface area contributed by atoms with E-state index in [0.717, 1.165) is 51.7 Å². The van der Waals surface area contributed by atoms with Crippen molar-refractivity contribution in [3.8, 4) is 5.75 Å². The molecule has 1 aromatic carbocycles. The zero-order valence-corrected chi connectivity index (χ0v) is 19.7. The van der Waals surface area contributed by atoms with Crippen LogP contribution in [0.4, 0.5) is 0 Å². The summed E-state index contributed by atoms with van der Waals surface area (Å²) < 4.78 is 17.0. The highest BCUT2D eigenvalue weighted by atomic mass is 16.5. The largest absolute Gasteiger partial charge is 0.491 e. The molecule has 1 fully saturated rings. The minimum atomic E-state index is -1.82. The normalized spacial score (nSPS) is 14.4. The van der Waals surface area contributed by atoms with Crippen LogP contribution in [-0.2, 0) is 24.5 Å². The first-order valence-corrected chi connectivity index (χ1v) is 10.9. The van der Waals surface area contributed by atoms with Crippen LogP contribution in [-0.4, -0.2) is 92.8 Å². The number of carboxylic acid groups (broad SMARTS) is 2. The Morgan fingerprint density at radius 1 is 1.06 bits per heavy atom. The molecule has 9 heteroatoms. The number of ether oxygens (including phenoxy) is 3. The van der Waals surface area contributed by atoms with Crippen molar-refractivity contribution < 1.29 is 34.0 Å². The van der Waals surface area contributed by atoms with E-state index in [4.69, 9.17) is 34.0 Å². The lowest BCUT2D eigenvalue weighted by Crippen LogP contribution is -2.40. The number of hydrogen-bond donors (Lipinski definition) is 3. The highest BCUT2D eigenvalue weighted by Crippen LogP contribution is 2.32. The first kappa shape index (κ1) is 27.8. The Bertz CT molecular complexity index is 686. The topological polar surface area (TPSA) is 118 Å². The van der Waals surface area contributed by atoms with Gasteiger partial charge in [-0.15, -0.1) is 0 Å². The van der Waals surface area contributed by atoms with E-state index in [-0.39, 0.29) is 5.41 Å². The highest BCUT2D eigenvalue weighted by molar-refractivity contribution is 6.27. The van der Waals surface area contributed by atoms with Crippen LogP contribution in [0.25, 0.3) is 0 Å². The lowest BCUT2D eigenvalue weighted by Gasteiger charge is -2.26. The number of hydrogen-bond acceptors (Lipinski definition) is 7. The molecule has 0 amide bonds. The summed E-state index contributed by atoms with van der Waals surface area (Å²) >= 11 is 0. The number of aliphatic carboxylic acids is 2. The third kappa shape index (κ3) is 12.0. The number of carboxylic acids is 2. The van der Waals surface area contributed by atoms with Gasteiger partial charge in [0.1, 0.15) is 12.4 Å². The quantitative estimate of drug-likeness (QED) is 0.359. The molecule has 1 aromatic rings. The molecule has 3 N–H and O–H groups in total. The molecular formula is C23H38N2O7. The Morgan fingerprint density at radius 3 is 2.31 bits per heavy atom. The summed E-state index contributed by atoms with van der Waals surface area (Å²) in [6.45, 7) is 17.5. The Kier molecular flexibility index (Phi) is 12.9. The minimum Gasteiger partial charge on any atom is -0.491 e. The number of morpholine rings is 1. The van der Waals surface area contributed by atoms with Crippen LogP contribution in [0.3, 0.4) is 0 Å². The van der Waals surface area contributed by atoms with Gasteiger partial charge in [-0.1, -0.05) is 38.5 Å². The van der Waals surface area contributed by atoms with E-state index < -0.39 is 11.9 Å². The van der Waals surface area contributed by atoms with E-state index in [1.54, 1.807) is 0 Å². The number of carbonyl (C=O) groups is 2. The van der Waals surface area contributed by atoms with Gasteiger partial charge in [-0.05, 0) is 24.0 Å². The third-order valence-corrected chi connectivity index (χ3v) is 4.74. The van der Waals surface area contributed by atoms with Gasteiger partial charge >= 0.3 is 11.9 Å². The first-order chi connectivity index (χ1) is 15.1. The van der Waals surface area contributed by atoms with Crippen LogP contribution in [0.15, 0.2) is 18.2 Å². The zero-order valence-electron chi connectivity index (χ0n) is 19.7. The predicted octanol–water partition coefficient (Wildman–Crippen LogP) is 1.77. The standard InChI is InChI=1S/C21H36N2O3.C2H2O4/c1-18-5-6-20(19(17-18)21(2,3)4)26-16-15-24-12-8-22-7-9-23-10-13-25-14-11-23;3-1(4)2(5)6/h5-6,17,22H,7-16H2,1-4H3;(H,3,4)(H,5,6). The Balaban J connectivity index is 0.000000751. The molecule has 0 saturated carbocycles. The van der Waals surface area contributed by atoms with Crippen LogP contribution in [0.5, 0.6) is 5.75 Å². The van der Waals surface area contributed by atoms with Gasteiger partial charge in [0.05, 0.1) is 26.4 Å². The summed E-state index contributed by atoms with van der Waals surface area (Å²) in [5.74, 6) is -2.68. The maximum Gasteiger partial charge on any atom is 0.414 e. The van der Waals surface area contributed by atoms with E-state index >= 15 is 0 Å². The molecule has 1 heterocycles. The molecule has 1 saturated heterocycles. The Morgan fingerprint density at radius 2 is 1.72 bits per heavy atom. The van der Waals surface area contributed by atoms with Gasteiger partial charge < -0.3 is 29.7 Å². The molecule has 9 nitrogen and oxygen atoms in total. The fourth-order valence-electron chi connectivity index (χ4n) is 3.00. The van der Waals surface area contributed by atoms with E-state index in [2.05, 4.69) is 56.1 Å². The van der Waals surface area contributed by atoms with Crippen molar-refractivity contribution in [2.75, 3.05) is 65.8 Å². The summed E-state index contributed by atoms with van der Waals surface area (Å²) in [7, 11) is 0. The molecule has 0 unspecified atom stereocenters. The Labute approximate surface area is 190 Å². The van der Waals surface area contributed by atoms with Gasteiger partial charge in [0.25, 0.3) is 0 Å². The van der Waals surface area contributed by atoms with Gasteiger partial charge in [-0.3, -0.25) is 4.90 Å². The molecule has 0 bridgehead atoms. The molecule has 0 spiro atoms. The molecule has 32 heavy (non-hydrogen) atoms. The van der Waals surface area contributed by atoms with E-state index in [9.17, 15) is 0 Å². The van der Waals surface area contributed by atoms with Crippen LogP contribution < -0.4 is 10.1 Å². The van der Waals surface area contributed by atoms with Crippen molar-refractivity contribution in [1.29, 1.82) is 0 Å². The van der Waals surface area contributed by atoms with Crippen molar-refractivity contribution in [2.45, 2.75) is 33.1 Å².